The van der Waals surface area contributed by atoms with Crippen molar-refractivity contribution in [1.82, 2.24) is 0 Å². The number of esters is 1. The smallest absolute Gasteiger partial charge is 0.309 e. The Bertz CT molecular complexity index is 220. The molecule has 1 heterocycles. The van der Waals surface area contributed by atoms with Gasteiger partial charge in [0.2, 0.25) is 0 Å². The van der Waals surface area contributed by atoms with Crippen molar-refractivity contribution in [2.24, 2.45) is 11.3 Å². The molecule has 2 aliphatic rings. The quantitative estimate of drug-likeness (QED) is 0.388. The molecule has 0 aromatic carbocycles. The first-order valence-corrected chi connectivity index (χ1v) is 4.07. The molecule has 2 rings (SSSR count). The van der Waals surface area contributed by atoms with Crippen LogP contribution in [0.1, 0.15) is 19.8 Å². The van der Waals surface area contributed by atoms with Gasteiger partial charge in [0.15, 0.2) is 0 Å². The maximum absolute atomic E-state index is 11.2. The van der Waals surface area contributed by atoms with Gasteiger partial charge < -0.3 is 4.74 Å². The molecule has 0 amide bonds. The van der Waals surface area contributed by atoms with Gasteiger partial charge in [0.1, 0.15) is 6.61 Å². The number of rotatable bonds is 0. The van der Waals surface area contributed by atoms with Crippen molar-refractivity contribution in [2.75, 3.05) is 6.61 Å². The monoisotopic (exact) mass is 152 g/mol. The van der Waals surface area contributed by atoms with Gasteiger partial charge in [0.25, 0.3) is 0 Å². The fourth-order valence-corrected chi connectivity index (χ4v) is 1.92. The topological polar surface area (TPSA) is 26.3 Å². The number of carbonyl (C=O) groups is 1. The van der Waals surface area contributed by atoms with Gasteiger partial charge in [-0.15, -0.1) is 0 Å². The van der Waals surface area contributed by atoms with E-state index in [2.05, 4.69) is 19.1 Å². The Hall–Kier alpha value is -0.790. The van der Waals surface area contributed by atoms with E-state index in [0.717, 1.165) is 12.8 Å². The van der Waals surface area contributed by atoms with Gasteiger partial charge in [0.05, 0.1) is 5.92 Å². The molecule has 1 fully saturated rings. The third kappa shape index (κ3) is 0.889. The Morgan fingerprint density at radius 1 is 1.73 bits per heavy atom. The Balaban J connectivity index is 2.32. The highest BCUT2D eigenvalue weighted by atomic mass is 16.5. The summed E-state index contributed by atoms with van der Waals surface area (Å²) in [5, 5.41) is 0. The zero-order valence-electron chi connectivity index (χ0n) is 6.67. The molecule has 0 spiro atoms. The van der Waals surface area contributed by atoms with Crippen LogP contribution in [0.2, 0.25) is 0 Å². The van der Waals surface area contributed by atoms with E-state index in [0.29, 0.717) is 6.61 Å². The molecule has 0 radical (unpaired) electrons. The van der Waals surface area contributed by atoms with E-state index in [1.165, 1.54) is 0 Å². The summed E-state index contributed by atoms with van der Waals surface area (Å²) in [4.78, 5) is 11.2. The van der Waals surface area contributed by atoms with Crippen LogP contribution < -0.4 is 0 Å². The molecule has 1 saturated heterocycles. The normalized spacial score (nSPS) is 41.9. The first-order chi connectivity index (χ1) is 5.22. The Kier molecular flexibility index (Phi) is 1.31. The second-order valence-electron chi connectivity index (χ2n) is 3.65. The third-order valence-electron chi connectivity index (χ3n) is 2.73. The van der Waals surface area contributed by atoms with Crippen LogP contribution in [0, 0.1) is 11.3 Å². The minimum Gasteiger partial charge on any atom is -0.465 e. The molecule has 0 bridgehead atoms. The summed E-state index contributed by atoms with van der Waals surface area (Å²) >= 11 is 0. The molecular formula is C9H12O2. The molecule has 0 saturated carbocycles. The lowest BCUT2D eigenvalue weighted by Crippen LogP contribution is -2.27. The molecule has 0 N–H and O–H groups in total. The number of carbonyl (C=O) groups excluding carboxylic acids is 1. The van der Waals surface area contributed by atoms with E-state index in [9.17, 15) is 4.79 Å². The van der Waals surface area contributed by atoms with Gasteiger partial charge in [-0.3, -0.25) is 4.79 Å². The molecule has 0 unspecified atom stereocenters. The maximum Gasteiger partial charge on any atom is 0.309 e. The van der Waals surface area contributed by atoms with E-state index in [4.69, 9.17) is 4.74 Å². The number of fused-ring (bicyclic) bond motifs is 1. The second kappa shape index (κ2) is 2.10. The minimum absolute atomic E-state index is 0.00292. The molecule has 0 aromatic heterocycles. The van der Waals surface area contributed by atoms with Crippen LogP contribution in [0.3, 0.4) is 0 Å². The largest absolute Gasteiger partial charge is 0.465 e. The molecule has 2 atom stereocenters. The van der Waals surface area contributed by atoms with Crippen molar-refractivity contribution in [3.63, 3.8) is 0 Å². The van der Waals surface area contributed by atoms with E-state index < -0.39 is 0 Å². The van der Waals surface area contributed by atoms with Crippen LogP contribution in [-0.2, 0) is 9.53 Å². The lowest BCUT2D eigenvalue weighted by Gasteiger charge is -2.26. The fourth-order valence-electron chi connectivity index (χ4n) is 1.92. The van der Waals surface area contributed by atoms with Crippen LogP contribution >= 0.6 is 0 Å². The Labute approximate surface area is 66.2 Å². The summed E-state index contributed by atoms with van der Waals surface area (Å²) in [7, 11) is 0. The molecule has 1 aliphatic carbocycles. The highest BCUT2D eigenvalue weighted by Crippen LogP contribution is 2.41. The van der Waals surface area contributed by atoms with Gasteiger partial charge in [-0.25, -0.2) is 0 Å². The Morgan fingerprint density at radius 2 is 2.55 bits per heavy atom. The molecule has 0 aromatic rings. The van der Waals surface area contributed by atoms with Crippen molar-refractivity contribution < 1.29 is 9.53 Å². The van der Waals surface area contributed by atoms with E-state index in [1.807, 2.05) is 0 Å². The molecule has 60 valence electrons. The SMILES string of the molecule is C[C@]12C=CCC[C@H]1C(=O)OC2. The van der Waals surface area contributed by atoms with Crippen LogP contribution in [0.5, 0.6) is 0 Å². The zero-order valence-corrected chi connectivity index (χ0v) is 6.67. The lowest BCUT2D eigenvalue weighted by molar-refractivity contribution is -0.141. The van der Waals surface area contributed by atoms with Crippen LogP contribution in [0.4, 0.5) is 0 Å². The van der Waals surface area contributed by atoms with Gasteiger partial charge in [-0.1, -0.05) is 19.1 Å². The summed E-state index contributed by atoms with van der Waals surface area (Å²) in [6, 6.07) is 0. The molecular weight excluding hydrogens is 140 g/mol. The van der Waals surface area contributed by atoms with Crippen molar-refractivity contribution in [3.05, 3.63) is 12.2 Å². The van der Waals surface area contributed by atoms with E-state index in [1.54, 1.807) is 0 Å². The van der Waals surface area contributed by atoms with Gasteiger partial charge in [0, 0.05) is 5.41 Å². The summed E-state index contributed by atoms with van der Waals surface area (Å²) in [5.41, 5.74) is 0.00926. The zero-order chi connectivity index (χ0) is 7.90. The highest BCUT2D eigenvalue weighted by Gasteiger charge is 2.45. The average Bonchev–Trinajstić information content (AvgIpc) is 2.29. The standard InChI is InChI=1S/C9H12O2/c1-9-5-3-2-4-7(9)8(10)11-6-9/h3,5,7H,2,4,6H2,1H3/t7-,9+/m0/s1. The summed E-state index contributed by atoms with van der Waals surface area (Å²) in [6.45, 7) is 2.67. The van der Waals surface area contributed by atoms with Crippen molar-refractivity contribution in [1.29, 1.82) is 0 Å². The van der Waals surface area contributed by atoms with Gasteiger partial charge in [-0.2, -0.15) is 0 Å². The average molecular weight is 152 g/mol. The number of allylic oxidation sites excluding steroid dienone is 1. The lowest BCUT2D eigenvalue weighted by atomic mass is 9.74. The number of hydrogen-bond donors (Lipinski definition) is 0. The van der Waals surface area contributed by atoms with Crippen molar-refractivity contribution in [3.8, 4) is 0 Å². The number of cyclic esters (lactones) is 1. The summed E-state index contributed by atoms with van der Waals surface area (Å²) in [6.07, 6.45) is 6.27. The Morgan fingerprint density at radius 3 is 3.27 bits per heavy atom. The number of ether oxygens (including phenoxy) is 1. The van der Waals surface area contributed by atoms with Crippen LogP contribution in [-0.4, -0.2) is 12.6 Å². The van der Waals surface area contributed by atoms with Crippen LogP contribution in [0.25, 0.3) is 0 Å². The van der Waals surface area contributed by atoms with Crippen molar-refractivity contribution in [2.45, 2.75) is 19.8 Å². The van der Waals surface area contributed by atoms with E-state index in [-0.39, 0.29) is 17.3 Å². The highest BCUT2D eigenvalue weighted by molar-refractivity contribution is 5.76. The third-order valence-corrected chi connectivity index (χ3v) is 2.73. The summed E-state index contributed by atoms with van der Waals surface area (Å²) in [5.74, 6) is 0.129. The summed E-state index contributed by atoms with van der Waals surface area (Å²) < 4.78 is 5.01. The predicted octanol–water partition coefficient (Wildman–Crippen LogP) is 1.52. The van der Waals surface area contributed by atoms with Gasteiger partial charge in [-0.05, 0) is 12.8 Å². The number of hydrogen-bond acceptors (Lipinski definition) is 2. The fraction of sp³-hybridized carbons (Fsp3) is 0.667. The van der Waals surface area contributed by atoms with Crippen LogP contribution in [0.15, 0.2) is 12.2 Å². The minimum atomic E-state index is -0.00292. The maximum atomic E-state index is 11.2. The van der Waals surface area contributed by atoms with Crippen molar-refractivity contribution >= 4 is 5.97 Å². The second-order valence-corrected chi connectivity index (χ2v) is 3.65. The molecule has 2 nitrogen and oxygen atoms in total. The molecule has 2 heteroatoms. The molecule has 1 aliphatic heterocycles. The molecule has 11 heavy (non-hydrogen) atoms. The predicted molar refractivity (Wildman–Crippen MR) is 40.9 cm³/mol. The first-order valence-electron chi connectivity index (χ1n) is 4.07. The van der Waals surface area contributed by atoms with E-state index >= 15 is 0 Å². The van der Waals surface area contributed by atoms with Gasteiger partial charge >= 0.3 is 5.97 Å². The first kappa shape index (κ1) is 6.89.